The number of aryl methyl sites for hydroxylation is 2. The first-order valence-electron chi connectivity index (χ1n) is 11.6. The maximum Gasteiger partial charge on any atom is 0.241 e. The lowest BCUT2D eigenvalue weighted by atomic mass is 9.90. The Hall–Kier alpha value is -2.10. The maximum atomic E-state index is 12.7. The van der Waals surface area contributed by atoms with E-state index >= 15 is 0 Å². The number of halogens is 1. The van der Waals surface area contributed by atoms with Gasteiger partial charge in [0.25, 0.3) is 0 Å². The number of rotatable bonds is 7. The highest BCUT2D eigenvalue weighted by atomic mass is 127. The lowest BCUT2D eigenvalue weighted by Gasteiger charge is -2.32. The number of amides is 1. The molecule has 1 amide bonds. The van der Waals surface area contributed by atoms with E-state index in [0.717, 1.165) is 44.5 Å². The first kappa shape index (κ1) is 27.1. The molecule has 0 saturated carbocycles. The molecule has 7 nitrogen and oxygen atoms in total. The van der Waals surface area contributed by atoms with E-state index < -0.39 is 0 Å². The average Bonchev–Trinajstić information content (AvgIpc) is 3.03. The second kappa shape index (κ2) is 13.0. The van der Waals surface area contributed by atoms with Crippen LogP contribution in [-0.2, 0) is 24.7 Å². The topological polar surface area (TPSA) is 74.6 Å². The lowest BCUT2D eigenvalue weighted by Crippen LogP contribution is -2.48. The van der Waals surface area contributed by atoms with Crippen molar-refractivity contribution in [3.63, 3.8) is 0 Å². The zero-order valence-corrected chi connectivity index (χ0v) is 22.9. The minimum Gasteiger partial charge on any atom is -0.354 e. The molecule has 182 valence electrons. The number of benzene rings is 1. The van der Waals surface area contributed by atoms with Gasteiger partial charge in [-0.3, -0.25) is 14.5 Å². The molecule has 8 heteroatoms. The minimum absolute atomic E-state index is 0. The zero-order valence-electron chi connectivity index (χ0n) is 20.6. The van der Waals surface area contributed by atoms with Crippen molar-refractivity contribution in [1.29, 1.82) is 0 Å². The molecule has 1 unspecified atom stereocenters. The highest BCUT2D eigenvalue weighted by Crippen LogP contribution is 2.21. The molecule has 1 fully saturated rings. The van der Waals surface area contributed by atoms with Gasteiger partial charge >= 0.3 is 0 Å². The number of nitrogens with one attached hydrogen (secondary N) is 2. The Kier molecular flexibility index (Phi) is 10.7. The summed E-state index contributed by atoms with van der Waals surface area (Å²) in [5.74, 6) is 1.45. The van der Waals surface area contributed by atoms with Crippen molar-refractivity contribution in [2.75, 3.05) is 26.7 Å². The standard InChI is InChI=1S/C25H38N6O.HI/c1-18(15-23-19(2)29-30(5)20(23)3)28-25(26-4)27-17-24(32)31-13-11-22(12-14-31)16-21-9-7-6-8-10-21;/h6-10,18,22H,11-17H2,1-5H3,(H2,26,27,28);1H. The molecular weight excluding hydrogens is 527 g/mol. The summed E-state index contributed by atoms with van der Waals surface area (Å²) in [6.07, 6.45) is 4.09. The van der Waals surface area contributed by atoms with Crippen molar-refractivity contribution in [2.24, 2.45) is 18.0 Å². The summed E-state index contributed by atoms with van der Waals surface area (Å²) in [6.45, 7) is 8.19. The fourth-order valence-electron chi connectivity index (χ4n) is 4.50. The average molecular weight is 567 g/mol. The predicted octanol–water partition coefficient (Wildman–Crippen LogP) is 3.23. The summed E-state index contributed by atoms with van der Waals surface area (Å²) >= 11 is 0. The normalized spacial score (nSPS) is 15.7. The Morgan fingerprint density at radius 3 is 2.45 bits per heavy atom. The van der Waals surface area contributed by atoms with Crippen LogP contribution in [0.15, 0.2) is 35.3 Å². The Bertz CT molecular complexity index is 918. The number of piperidine rings is 1. The highest BCUT2D eigenvalue weighted by molar-refractivity contribution is 14.0. The van der Waals surface area contributed by atoms with Crippen LogP contribution >= 0.6 is 24.0 Å². The molecule has 1 atom stereocenters. The monoisotopic (exact) mass is 566 g/mol. The van der Waals surface area contributed by atoms with Crippen LogP contribution in [0.5, 0.6) is 0 Å². The van der Waals surface area contributed by atoms with E-state index in [0.29, 0.717) is 11.9 Å². The third kappa shape index (κ3) is 7.72. The quantitative estimate of drug-likeness (QED) is 0.307. The number of carbonyl (C=O) groups is 1. The molecule has 1 aliphatic rings. The predicted molar refractivity (Wildman–Crippen MR) is 145 cm³/mol. The van der Waals surface area contributed by atoms with Crippen molar-refractivity contribution in [3.05, 3.63) is 52.8 Å². The molecule has 0 radical (unpaired) electrons. The smallest absolute Gasteiger partial charge is 0.241 e. The minimum atomic E-state index is 0. The number of nitrogens with zero attached hydrogens (tertiary/aromatic N) is 4. The van der Waals surface area contributed by atoms with Crippen LogP contribution in [0, 0.1) is 19.8 Å². The van der Waals surface area contributed by atoms with Crippen molar-refractivity contribution >= 4 is 35.8 Å². The number of guanidine groups is 1. The van der Waals surface area contributed by atoms with Crippen molar-refractivity contribution < 1.29 is 4.79 Å². The van der Waals surface area contributed by atoms with Crippen molar-refractivity contribution in [3.8, 4) is 0 Å². The van der Waals surface area contributed by atoms with Crippen LogP contribution in [0.3, 0.4) is 0 Å². The van der Waals surface area contributed by atoms with Crippen molar-refractivity contribution in [1.82, 2.24) is 25.3 Å². The first-order chi connectivity index (χ1) is 15.4. The lowest BCUT2D eigenvalue weighted by molar-refractivity contribution is -0.131. The van der Waals surface area contributed by atoms with Gasteiger partial charge in [-0.1, -0.05) is 30.3 Å². The Balaban J connectivity index is 0.00000385. The molecule has 2 heterocycles. The van der Waals surface area contributed by atoms with Gasteiger partial charge in [0, 0.05) is 38.9 Å². The summed E-state index contributed by atoms with van der Waals surface area (Å²) in [5.41, 5.74) is 4.90. The van der Waals surface area contributed by atoms with E-state index in [1.54, 1.807) is 7.05 Å². The number of aromatic nitrogens is 2. The molecule has 2 N–H and O–H groups in total. The van der Waals surface area contributed by atoms with Crippen LogP contribution in [0.25, 0.3) is 0 Å². The highest BCUT2D eigenvalue weighted by Gasteiger charge is 2.23. The van der Waals surface area contributed by atoms with Crippen LogP contribution in [0.1, 0.15) is 42.3 Å². The third-order valence-corrected chi connectivity index (χ3v) is 6.52. The third-order valence-electron chi connectivity index (χ3n) is 6.52. The number of carbonyl (C=O) groups excluding carboxylic acids is 1. The van der Waals surface area contributed by atoms with Crippen LogP contribution in [0.2, 0.25) is 0 Å². The van der Waals surface area contributed by atoms with E-state index in [4.69, 9.17) is 0 Å². The number of hydrogen-bond acceptors (Lipinski definition) is 3. The number of aliphatic imine (C=N–C) groups is 1. The van der Waals surface area contributed by atoms with Crippen molar-refractivity contribution in [2.45, 2.75) is 52.5 Å². The largest absolute Gasteiger partial charge is 0.354 e. The first-order valence-corrected chi connectivity index (χ1v) is 11.6. The fourth-order valence-corrected chi connectivity index (χ4v) is 4.50. The van der Waals surface area contributed by atoms with Gasteiger partial charge in [-0.25, -0.2) is 0 Å². The number of likely N-dealkylation sites (tertiary alicyclic amines) is 1. The Labute approximate surface area is 215 Å². The molecule has 33 heavy (non-hydrogen) atoms. The summed E-state index contributed by atoms with van der Waals surface area (Å²) < 4.78 is 1.92. The van der Waals surface area contributed by atoms with Gasteiger partial charge in [-0.15, -0.1) is 24.0 Å². The Morgan fingerprint density at radius 1 is 1.21 bits per heavy atom. The molecule has 1 aromatic carbocycles. The van der Waals surface area contributed by atoms with E-state index in [9.17, 15) is 4.79 Å². The van der Waals surface area contributed by atoms with E-state index in [2.05, 4.69) is 64.9 Å². The molecule has 2 aromatic rings. The molecule has 1 aromatic heterocycles. The zero-order chi connectivity index (χ0) is 23.1. The second-order valence-electron chi connectivity index (χ2n) is 8.96. The van der Waals surface area contributed by atoms with Crippen LogP contribution in [-0.4, -0.2) is 59.3 Å². The van der Waals surface area contributed by atoms with E-state index in [1.807, 2.05) is 23.6 Å². The summed E-state index contributed by atoms with van der Waals surface area (Å²) in [4.78, 5) is 19.0. The van der Waals surface area contributed by atoms with E-state index in [-0.39, 0.29) is 42.5 Å². The molecule has 1 aliphatic heterocycles. The molecule has 3 rings (SSSR count). The van der Waals surface area contributed by atoms with Crippen LogP contribution in [0.4, 0.5) is 0 Å². The van der Waals surface area contributed by atoms with Gasteiger partial charge in [0.2, 0.25) is 5.91 Å². The second-order valence-corrected chi connectivity index (χ2v) is 8.96. The van der Waals surface area contributed by atoms with Gasteiger partial charge in [0.15, 0.2) is 5.96 Å². The van der Waals surface area contributed by atoms with Crippen LogP contribution < -0.4 is 10.6 Å². The Morgan fingerprint density at radius 2 is 1.88 bits per heavy atom. The van der Waals surface area contributed by atoms with Gasteiger partial charge in [0.1, 0.15) is 0 Å². The molecule has 0 spiro atoms. The summed E-state index contributed by atoms with van der Waals surface area (Å²) in [5, 5.41) is 11.1. The SMILES string of the molecule is CN=C(NCC(=O)N1CCC(Cc2ccccc2)CC1)NC(C)Cc1c(C)nn(C)c1C.I. The van der Waals surface area contributed by atoms with Gasteiger partial charge < -0.3 is 15.5 Å². The van der Waals surface area contributed by atoms with Gasteiger partial charge in [-0.05, 0) is 63.5 Å². The maximum absolute atomic E-state index is 12.7. The summed E-state index contributed by atoms with van der Waals surface area (Å²) in [7, 11) is 3.71. The summed E-state index contributed by atoms with van der Waals surface area (Å²) in [6, 6.07) is 10.8. The molecule has 1 saturated heterocycles. The van der Waals surface area contributed by atoms with E-state index in [1.165, 1.54) is 16.8 Å². The molecular formula is C25H39IN6O. The number of hydrogen-bond donors (Lipinski definition) is 2. The van der Waals surface area contributed by atoms with Gasteiger partial charge in [-0.2, -0.15) is 5.10 Å². The molecule has 0 bridgehead atoms. The van der Waals surface area contributed by atoms with Gasteiger partial charge in [0.05, 0.1) is 12.2 Å². The molecule has 0 aliphatic carbocycles. The fraction of sp³-hybridized carbons (Fsp3) is 0.560.